The van der Waals surface area contributed by atoms with E-state index in [4.69, 9.17) is 0 Å². The Morgan fingerprint density at radius 2 is 2.03 bits per heavy atom. The summed E-state index contributed by atoms with van der Waals surface area (Å²) in [7, 11) is 1.81. The van der Waals surface area contributed by atoms with Crippen LogP contribution in [0.5, 0.6) is 0 Å². The van der Waals surface area contributed by atoms with E-state index >= 15 is 0 Å². The number of benzene rings is 1. The average molecular weight is 422 g/mol. The first kappa shape index (κ1) is 21.9. The van der Waals surface area contributed by atoms with Crippen LogP contribution in [0.15, 0.2) is 55.0 Å². The third kappa shape index (κ3) is 5.25. The van der Waals surface area contributed by atoms with E-state index in [1.165, 1.54) is 6.07 Å². The molecule has 1 atom stereocenters. The Bertz CT molecular complexity index is 1060. The molecule has 1 aromatic carbocycles. The zero-order valence-electron chi connectivity index (χ0n) is 18.0. The number of amides is 1. The van der Waals surface area contributed by atoms with Gasteiger partial charge in [-0.15, -0.1) is 0 Å². The summed E-state index contributed by atoms with van der Waals surface area (Å²) in [5.74, 6) is -0.272. The van der Waals surface area contributed by atoms with Gasteiger partial charge in [-0.1, -0.05) is 6.07 Å². The van der Waals surface area contributed by atoms with Crippen molar-refractivity contribution >= 4 is 17.3 Å². The highest BCUT2D eigenvalue weighted by Gasteiger charge is 2.24. The summed E-state index contributed by atoms with van der Waals surface area (Å²) in [4.78, 5) is 30.4. The fraction of sp³-hybridized carbons (Fsp3) is 0.318. The van der Waals surface area contributed by atoms with Crippen LogP contribution in [-0.4, -0.2) is 36.5 Å². The molecule has 9 heteroatoms. The molecule has 9 nitrogen and oxygen atoms in total. The van der Waals surface area contributed by atoms with Gasteiger partial charge in [-0.05, 0) is 45.0 Å². The molecule has 2 aromatic heterocycles. The van der Waals surface area contributed by atoms with E-state index in [1.54, 1.807) is 34.1 Å². The minimum atomic E-state index is -0.481. The van der Waals surface area contributed by atoms with Crippen molar-refractivity contribution in [2.24, 2.45) is 7.05 Å². The van der Waals surface area contributed by atoms with Crippen molar-refractivity contribution in [2.75, 3.05) is 5.32 Å². The van der Waals surface area contributed by atoms with Crippen molar-refractivity contribution in [3.8, 4) is 0 Å². The number of carbonyl (C=O) groups is 1. The highest BCUT2D eigenvalue weighted by molar-refractivity contribution is 5.96. The smallest absolute Gasteiger partial charge is 0.293 e. The zero-order chi connectivity index (χ0) is 22.5. The van der Waals surface area contributed by atoms with Crippen LogP contribution < -0.4 is 5.32 Å². The first-order chi connectivity index (χ1) is 14.8. The molecular weight excluding hydrogens is 396 g/mol. The molecule has 162 valence electrons. The number of nitro benzene ring substituents is 1. The quantitative estimate of drug-likeness (QED) is 0.435. The Hall–Kier alpha value is -3.75. The van der Waals surface area contributed by atoms with Gasteiger partial charge >= 0.3 is 0 Å². The van der Waals surface area contributed by atoms with Crippen molar-refractivity contribution in [1.29, 1.82) is 0 Å². The minimum absolute atomic E-state index is 0.0891. The Morgan fingerprint density at radius 1 is 1.26 bits per heavy atom. The Morgan fingerprint density at radius 3 is 2.61 bits per heavy atom. The average Bonchev–Trinajstić information content (AvgIpc) is 3.16. The van der Waals surface area contributed by atoms with Gasteiger partial charge in [0.1, 0.15) is 5.69 Å². The maximum Gasteiger partial charge on any atom is 0.293 e. The largest absolute Gasteiger partial charge is 0.371 e. The van der Waals surface area contributed by atoms with Crippen LogP contribution in [0.25, 0.3) is 0 Å². The monoisotopic (exact) mass is 422 g/mol. The number of anilines is 1. The summed E-state index contributed by atoms with van der Waals surface area (Å²) in [6.07, 6.45) is 5.22. The Labute approximate surface area is 180 Å². The molecule has 0 spiro atoms. The molecule has 0 aliphatic rings. The number of rotatable bonds is 8. The van der Waals surface area contributed by atoms with Gasteiger partial charge in [0.05, 0.1) is 22.9 Å². The molecule has 3 rings (SSSR count). The second-order valence-electron chi connectivity index (χ2n) is 7.66. The van der Waals surface area contributed by atoms with Gasteiger partial charge in [0.25, 0.3) is 11.6 Å². The van der Waals surface area contributed by atoms with Gasteiger partial charge < -0.3 is 10.2 Å². The lowest BCUT2D eigenvalue weighted by atomic mass is 10.1. The molecule has 0 saturated heterocycles. The van der Waals surface area contributed by atoms with Crippen molar-refractivity contribution in [3.05, 3.63) is 81.9 Å². The lowest BCUT2D eigenvalue weighted by molar-refractivity contribution is -0.384. The molecule has 31 heavy (non-hydrogen) atoms. The van der Waals surface area contributed by atoms with Gasteiger partial charge in [-0.25, -0.2) is 0 Å². The number of nitrogens with zero attached hydrogens (tertiary/aromatic N) is 5. The van der Waals surface area contributed by atoms with Crippen molar-refractivity contribution in [2.45, 2.75) is 39.4 Å². The van der Waals surface area contributed by atoms with Crippen molar-refractivity contribution < 1.29 is 9.72 Å². The molecule has 1 amide bonds. The van der Waals surface area contributed by atoms with Crippen LogP contribution in [-0.2, 0) is 13.6 Å². The van der Waals surface area contributed by atoms with E-state index in [0.717, 1.165) is 11.3 Å². The highest BCUT2D eigenvalue weighted by atomic mass is 16.6. The first-order valence-electron chi connectivity index (χ1n) is 10.0. The predicted octanol–water partition coefficient (Wildman–Crippen LogP) is 3.95. The SMILES string of the molecule is CC(Nc1ccc(C(=O)N(Cc2cnn(C)c2)C(C)C)cc1[N+](=O)[O-])c1ccccn1. The Balaban J connectivity index is 1.86. The van der Waals surface area contributed by atoms with E-state index in [-0.39, 0.29) is 29.2 Å². The van der Waals surface area contributed by atoms with Crippen LogP contribution >= 0.6 is 0 Å². The summed E-state index contributed by atoms with van der Waals surface area (Å²) in [6, 6.07) is 9.71. The molecule has 2 heterocycles. The van der Waals surface area contributed by atoms with Crippen LogP contribution in [0.4, 0.5) is 11.4 Å². The van der Waals surface area contributed by atoms with Gasteiger partial charge in [0, 0.05) is 49.2 Å². The minimum Gasteiger partial charge on any atom is -0.371 e. The van der Waals surface area contributed by atoms with E-state index in [9.17, 15) is 14.9 Å². The molecule has 0 aliphatic carbocycles. The number of aromatic nitrogens is 3. The van der Waals surface area contributed by atoms with E-state index in [2.05, 4.69) is 15.4 Å². The van der Waals surface area contributed by atoms with E-state index < -0.39 is 4.92 Å². The van der Waals surface area contributed by atoms with Gasteiger partial charge in [0.15, 0.2) is 0 Å². The normalized spacial score (nSPS) is 11.9. The fourth-order valence-corrected chi connectivity index (χ4v) is 3.28. The topological polar surface area (TPSA) is 106 Å². The standard InChI is InChI=1S/C22H26N6O3/c1-15(2)27(14-17-12-24-26(4)13-17)22(29)18-8-9-20(21(11-18)28(30)31)25-16(3)19-7-5-6-10-23-19/h5-13,15-16,25H,14H2,1-4H3. The molecule has 0 radical (unpaired) electrons. The van der Waals surface area contributed by atoms with Gasteiger partial charge in [-0.3, -0.25) is 24.6 Å². The predicted molar refractivity (Wildman–Crippen MR) is 118 cm³/mol. The maximum atomic E-state index is 13.2. The van der Waals surface area contributed by atoms with E-state index in [0.29, 0.717) is 12.2 Å². The van der Waals surface area contributed by atoms with Crippen LogP contribution in [0, 0.1) is 10.1 Å². The number of aryl methyl sites for hydroxylation is 1. The Kier molecular flexibility index (Phi) is 6.64. The number of carbonyl (C=O) groups excluding carboxylic acids is 1. The van der Waals surface area contributed by atoms with Gasteiger partial charge in [0.2, 0.25) is 0 Å². The molecular formula is C22H26N6O3. The third-order valence-electron chi connectivity index (χ3n) is 4.94. The number of nitrogens with one attached hydrogen (secondary N) is 1. The summed E-state index contributed by atoms with van der Waals surface area (Å²) in [5.41, 5.74) is 2.10. The lowest BCUT2D eigenvalue weighted by Gasteiger charge is -2.26. The number of nitro groups is 1. The van der Waals surface area contributed by atoms with Crippen LogP contribution in [0.2, 0.25) is 0 Å². The van der Waals surface area contributed by atoms with Crippen LogP contribution in [0.1, 0.15) is 48.4 Å². The summed E-state index contributed by atoms with van der Waals surface area (Å²) < 4.78 is 1.67. The number of hydrogen-bond acceptors (Lipinski definition) is 6. The van der Waals surface area contributed by atoms with Gasteiger partial charge in [-0.2, -0.15) is 5.10 Å². The van der Waals surface area contributed by atoms with Crippen LogP contribution in [0.3, 0.4) is 0 Å². The third-order valence-corrected chi connectivity index (χ3v) is 4.94. The molecule has 3 aromatic rings. The zero-order valence-corrected chi connectivity index (χ0v) is 18.0. The second-order valence-corrected chi connectivity index (χ2v) is 7.66. The van der Waals surface area contributed by atoms with E-state index in [1.807, 2.05) is 52.2 Å². The molecule has 0 saturated carbocycles. The molecule has 0 fully saturated rings. The molecule has 1 unspecified atom stereocenters. The molecule has 0 bridgehead atoms. The summed E-state index contributed by atoms with van der Waals surface area (Å²) in [5, 5.41) is 19.0. The van der Waals surface area contributed by atoms with Crippen molar-refractivity contribution in [1.82, 2.24) is 19.7 Å². The first-order valence-corrected chi connectivity index (χ1v) is 10.0. The molecule has 0 aliphatic heterocycles. The number of pyridine rings is 1. The van der Waals surface area contributed by atoms with Crippen molar-refractivity contribution in [3.63, 3.8) is 0 Å². The second kappa shape index (κ2) is 9.38. The molecule has 1 N–H and O–H groups in total. The lowest BCUT2D eigenvalue weighted by Crippen LogP contribution is -2.36. The summed E-state index contributed by atoms with van der Waals surface area (Å²) >= 11 is 0. The number of hydrogen-bond donors (Lipinski definition) is 1. The fourth-order valence-electron chi connectivity index (χ4n) is 3.28. The highest BCUT2D eigenvalue weighted by Crippen LogP contribution is 2.29. The maximum absolute atomic E-state index is 13.2. The summed E-state index contributed by atoms with van der Waals surface area (Å²) in [6.45, 7) is 6.06.